The molecule has 0 aliphatic heterocycles. The van der Waals surface area contributed by atoms with Gasteiger partial charge in [-0.1, -0.05) is 55.8 Å². The lowest BCUT2D eigenvalue weighted by molar-refractivity contribution is 0.0953. The number of hydrogen-bond donors (Lipinski definition) is 2. The summed E-state index contributed by atoms with van der Waals surface area (Å²) in [5.41, 5.74) is 1.35. The third-order valence-electron chi connectivity index (χ3n) is 4.53. The number of fused-ring (bicyclic) bond motifs is 1. The lowest BCUT2D eigenvalue weighted by Gasteiger charge is -2.09. The zero-order chi connectivity index (χ0) is 20.0. The molecule has 0 fully saturated rings. The fourth-order valence-corrected chi connectivity index (χ4v) is 3.90. The average molecular weight is 397 g/mol. The zero-order valence-electron chi connectivity index (χ0n) is 15.8. The molecule has 0 saturated carbocycles. The Bertz CT molecular complexity index is 1060. The van der Waals surface area contributed by atoms with Gasteiger partial charge in [-0.2, -0.15) is 0 Å². The first-order valence-electron chi connectivity index (χ1n) is 9.35. The van der Waals surface area contributed by atoms with Crippen molar-refractivity contribution in [2.24, 2.45) is 0 Å². The quantitative estimate of drug-likeness (QED) is 0.568. The number of sulfonamides is 1. The first-order valence-corrected chi connectivity index (χ1v) is 10.8. The van der Waals surface area contributed by atoms with E-state index in [9.17, 15) is 13.2 Å². The van der Waals surface area contributed by atoms with Gasteiger partial charge in [0, 0.05) is 18.7 Å². The maximum absolute atomic E-state index is 12.6. The van der Waals surface area contributed by atoms with Gasteiger partial charge in [0.05, 0.1) is 4.90 Å². The summed E-state index contributed by atoms with van der Waals surface area (Å²) in [6.07, 6.45) is 1.97. The lowest BCUT2D eigenvalue weighted by atomic mass is 10.1. The maximum atomic E-state index is 12.6. The molecule has 2 N–H and O–H groups in total. The van der Waals surface area contributed by atoms with E-state index in [1.165, 1.54) is 0 Å². The molecule has 28 heavy (non-hydrogen) atoms. The highest BCUT2D eigenvalue weighted by molar-refractivity contribution is 7.89. The van der Waals surface area contributed by atoms with E-state index in [2.05, 4.69) is 17.0 Å². The normalized spacial score (nSPS) is 11.5. The molecule has 5 nitrogen and oxygen atoms in total. The topological polar surface area (TPSA) is 75.3 Å². The summed E-state index contributed by atoms with van der Waals surface area (Å²) in [7, 11) is -3.62. The summed E-state index contributed by atoms with van der Waals surface area (Å²) in [5.74, 6) is -0.114. The van der Waals surface area contributed by atoms with E-state index < -0.39 is 10.0 Å². The first kappa shape index (κ1) is 20.0. The van der Waals surface area contributed by atoms with Crippen molar-refractivity contribution in [2.75, 3.05) is 6.54 Å². The number of benzene rings is 3. The molecule has 0 aliphatic carbocycles. The third-order valence-corrected chi connectivity index (χ3v) is 5.93. The second-order valence-electron chi connectivity index (χ2n) is 6.64. The fraction of sp³-hybridized carbons (Fsp3) is 0.227. The van der Waals surface area contributed by atoms with Gasteiger partial charge in [-0.3, -0.25) is 4.79 Å². The Morgan fingerprint density at radius 2 is 1.64 bits per heavy atom. The van der Waals surface area contributed by atoms with E-state index in [0.29, 0.717) is 12.1 Å². The molecule has 3 aromatic carbocycles. The van der Waals surface area contributed by atoms with Gasteiger partial charge in [0.25, 0.3) is 5.91 Å². The van der Waals surface area contributed by atoms with Crippen molar-refractivity contribution in [3.05, 3.63) is 77.9 Å². The summed E-state index contributed by atoms with van der Waals surface area (Å²) in [5, 5.41) is 4.73. The van der Waals surface area contributed by atoms with E-state index in [4.69, 9.17) is 0 Å². The summed E-state index contributed by atoms with van der Waals surface area (Å²) in [6.45, 7) is 2.88. The SMILES string of the molecule is CCCCNC(=O)c1ccc(CNS(=O)(=O)c2ccc3ccccc3c2)cc1. The molecule has 0 saturated heterocycles. The molecule has 3 aromatic rings. The van der Waals surface area contributed by atoms with Crippen molar-refractivity contribution < 1.29 is 13.2 Å². The van der Waals surface area contributed by atoms with Crippen LogP contribution in [-0.2, 0) is 16.6 Å². The predicted molar refractivity (Wildman–Crippen MR) is 112 cm³/mol. The van der Waals surface area contributed by atoms with Crippen LogP contribution in [0, 0.1) is 0 Å². The second kappa shape index (κ2) is 8.99. The molecule has 1 amide bonds. The van der Waals surface area contributed by atoms with E-state index in [1.807, 2.05) is 24.3 Å². The smallest absolute Gasteiger partial charge is 0.251 e. The van der Waals surface area contributed by atoms with Gasteiger partial charge in [0.15, 0.2) is 0 Å². The minimum Gasteiger partial charge on any atom is -0.352 e. The summed E-state index contributed by atoms with van der Waals surface area (Å²) in [6, 6.07) is 19.6. The van der Waals surface area contributed by atoms with Crippen LogP contribution < -0.4 is 10.0 Å². The highest BCUT2D eigenvalue weighted by Crippen LogP contribution is 2.19. The van der Waals surface area contributed by atoms with Gasteiger partial charge in [-0.25, -0.2) is 13.1 Å². The lowest BCUT2D eigenvalue weighted by Crippen LogP contribution is -2.25. The molecule has 0 bridgehead atoms. The minimum atomic E-state index is -3.62. The number of nitrogens with one attached hydrogen (secondary N) is 2. The van der Waals surface area contributed by atoms with Crippen LogP contribution in [0.5, 0.6) is 0 Å². The number of unbranched alkanes of at least 4 members (excludes halogenated alkanes) is 1. The van der Waals surface area contributed by atoms with Gasteiger partial charge in [0.2, 0.25) is 10.0 Å². The fourth-order valence-electron chi connectivity index (χ4n) is 2.85. The Labute approximate surface area is 165 Å². The van der Waals surface area contributed by atoms with E-state index in [-0.39, 0.29) is 17.3 Å². The van der Waals surface area contributed by atoms with Crippen molar-refractivity contribution >= 4 is 26.7 Å². The van der Waals surface area contributed by atoms with E-state index in [0.717, 1.165) is 29.2 Å². The van der Waals surface area contributed by atoms with Crippen LogP contribution in [0.2, 0.25) is 0 Å². The predicted octanol–water partition coefficient (Wildman–Crippen LogP) is 3.85. The van der Waals surface area contributed by atoms with Crippen molar-refractivity contribution in [2.45, 2.75) is 31.2 Å². The summed E-state index contributed by atoms with van der Waals surface area (Å²) >= 11 is 0. The molecule has 0 atom stereocenters. The highest BCUT2D eigenvalue weighted by atomic mass is 32.2. The molecule has 0 unspecified atom stereocenters. The largest absolute Gasteiger partial charge is 0.352 e. The number of carbonyl (C=O) groups is 1. The molecular formula is C22H24N2O3S. The molecule has 0 aliphatic rings. The Hall–Kier alpha value is -2.70. The second-order valence-corrected chi connectivity index (χ2v) is 8.41. The third kappa shape index (κ3) is 4.97. The number of carbonyl (C=O) groups excluding carboxylic acids is 1. The van der Waals surface area contributed by atoms with Crippen LogP contribution in [0.25, 0.3) is 10.8 Å². The van der Waals surface area contributed by atoms with Crippen LogP contribution >= 0.6 is 0 Å². The summed E-state index contributed by atoms with van der Waals surface area (Å²) in [4.78, 5) is 12.3. The Kier molecular flexibility index (Phi) is 6.44. The van der Waals surface area contributed by atoms with Crippen molar-refractivity contribution in [1.29, 1.82) is 0 Å². The Morgan fingerprint density at radius 3 is 2.36 bits per heavy atom. The number of rotatable bonds is 8. The standard InChI is InChI=1S/C22H24N2O3S/c1-2-3-14-23-22(25)19-10-8-17(9-11-19)16-24-28(26,27)21-13-12-18-6-4-5-7-20(18)15-21/h4-13,15,24H,2-3,14,16H2,1H3,(H,23,25). The van der Waals surface area contributed by atoms with E-state index >= 15 is 0 Å². The van der Waals surface area contributed by atoms with Crippen molar-refractivity contribution in [3.8, 4) is 0 Å². The average Bonchev–Trinajstić information content (AvgIpc) is 2.72. The van der Waals surface area contributed by atoms with Crippen LogP contribution in [0.15, 0.2) is 71.6 Å². The molecule has 0 aromatic heterocycles. The van der Waals surface area contributed by atoms with Crippen LogP contribution in [-0.4, -0.2) is 20.9 Å². The van der Waals surface area contributed by atoms with Gasteiger partial charge in [-0.05, 0) is 47.0 Å². The van der Waals surface area contributed by atoms with Gasteiger partial charge in [0.1, 0.15) is 0 Å². The minimum absolute atomic E-state index is 0.114. The zero-order valence-corrected chi connectivity index (χ0v) is 16.6. The van der Waals surface area contributed by atoms with Crippen LogP contribution in [0.4, 0.5) is 0 Å². The highest BCUT2D eigenvalue weighted by Gasteiger charge is 2.14. The maximum Gasteiger partial charge on any atom is 0.251 e. The molecule has 0 heterocycles. The van der Waals surface area contributed by atoms with Crippen molar-refractivity contribution in [3.63, 3.8) is 0 Å². The molecular weight excluding hydrogens is 372 g/mol. The molecule has 146 valence electrons. The Morgan fingerprint density at radius 1 is 0.929 bits per heavy atom. The molecule has 0 spiro atoms. The number of hydrogen-bond acceptors (Lipinski definition) is 3. The number of amides is 1. The van der Waals surface area contributed by atoms with Gasteiger partial charge < -0.3 is 5.32 Å². The van der Waals surface area contributed by atoms with Crippen LogP contribution in [0.1, 0.15) is 35.7 Å². The monoisotopic (exact) mass is 396 g/mol. The van der Waals surface area contributed by atoms with E-state index in [1.54, 1.807) is 42.5 Å². The molecule has 3 rings (SSSR count). The molecule has 6 heteroatoms. The van der Waals surface area contributed by atoms with Gasteiger partial charge in [-0.15, -0.1) is 0 Å². The Balaban J connectivity index is 1.64. The summed E-state index contributed by atoms with van der Waals surface area (Å²) < 4.78 is 27.8. The molecule has 0 radical (unpaired) electrons. The van der Waals surface area contributed by atoms with Gasteiger partial charge >= 0.3 is 0 Å². The first-order chi connectivity index (χ1) is 13.5. The van der Waals surface area contributed by atoms with Crippen molar-refractivity contribution in [1.82, 2.24) is 10.0 Å². The van der Waals surface area contributed by atoms with Crippen LogP contribution in [0.3, 0.4) is 0 Å².